The largest absolute Gasteiger partial charge is 0.472 e. The molecule has 1 atom stereocenters. The van der Waals surface area contributed by atoms with E-state index in [1.54, 1.807) is 22.3 Å². The second-order valence-electron chi connectivity index (χ2n) is 6.28. The minimum absolute atomic E-state index is 0.000206. The summed E-state index contributed by atoms with van der Waals surface area (Å²) < 4.78 is 17.7. The molecule has 1 aromatic heterocycles. The van der Waals surface area contributed by atoms with Crippen LogP contribution in [-0.2, 0) is 26.1 Å². The fraction of sp³-hybridized carbons (Fsp3) is 0.368. The van der Waals surface area contributed by atoms with Crippen LogP contribution in [0, 0.1) is 0 Å². The van der Waals surface area contributed by atoms with Crippen molar-refractivity contribution < 1.29 is 18.2 Å². The summed E-state index contributed by atoms with van der Waals surface area (Å²) >= 11 is 0. The molecule has 1 unspecified atom stereocenters. The molecule has 7 heteroatoms. The second-order valence-corrected chi connectivity index (χ2v) is 7.74. The normalized spacial score (nSPS) is 15.7. The first-order valence-corrected chi connectivity index (χ1v) is 10.0. The number of carbonyl (C=O) groups excluding carboxylic acids is 2. The second kappa shape index (κ2) is 8.31. The molecule has 1 aliphatic heterocycles. The van der Waals surface area contributed by atoms with Crippen molar-refractivity contribution in [2.45, 2.75) is 12.7 Å². The maximum absolute atomic E-state index is 12.5. The molecule has 0 bridgehead atoms. The van der Waals surface area contributed by atoms with E-state index in [0.29, 0.717) is 31.9 Å². The number of nitrogens with zero attached hydrogens (tertiary/aromatic N) is 2. The molecule has 3 rings (SSSR count). The van der Waals surface area contributed by atoms with Gasteiger partial charge in [-0.3, -0.25) is 13.8 Å². The van der Waals surface area contributed by atoms with Crippen LogP contribution in [0.5, 0.6) is 0 Å². The van der Waals surface area contributed by atoms with Gasteiger partial charge in [0.05, 0.1) is 12.5 Å². The molecule has 138 valence electrons. The first-order chi connectivity index (χ1) is 12.5. The highest BCUT2D eigenvalue weighted by molar-refractivity contribution is 7.84. The average Bonchev–Trinajstić information content (AvgIpc) is 3.16. The molecular formula is C19H22N2O4S. The molecule has 0 radical (unpaired) electrons. The Morgan fingerprint density at radius 1 is 1.08 bits per heavy atom. The molecule has 1 aliphatic rings. The minimum Gasteiger partial charge on any atom is -0.472 e. The fourth-order valence-corrected chi connectivity index (χ4v) is 4.23. The topological polar surface area (TPSA) is 70.8 Å². The molecule has 6 nitrogen and oxygen atoms in total. The maximum atomic E-state index is 12.5. The van der Waals surface area contributed by atoms with Gasteiger partial charge in [0.25, 0.3) is 0 Å². The van der Waals surface area contributed by atoms with Gasteiger partial charge in [0, 0.05) is 55.2 Å². The van der Waals surface area contributed by atoms with E-state index >= 15 is 0 Å². The van der Waals surface area contributed by atoms with Gasteiger partial charge in [-0.15, -0.1) is 0 Å². The first kappa shape index (κ1) is 18.4. The SMILES string of the molecule is CC(=O)N1CCN(C(=O)CS(=O)Cc2ccccc2-c2ccoc2)CC1. The van der Waals surface area contributed by atoms with Crippen LogP contribution in [0.1, 0.15) is 12.5 Å². The van der Waals surface area contributed by atoms with E-state index in [2.05, 4.69) is 0 Å². The van der Waals surface area contributed by atoms with Gasteiger partial charge in [-0.1, -0.05) is 24.3 Å². The zero-order valence-corrected chi connectivity index (χ0v) is 15.5. The van der Waals surface area contributed by atoms with E-state index < -0.39 is 10.8 Å². The van der Waals surface area contributed by atoms with Crippen molar-refractivity contribution in [3.05, 3.63) is 48.4 Å². The van der Waals surface area contributed by atoms with Gasteiger partial charge < -0.3 is 14.2 Å². The standard InChI is InChI=1S/C19H22N2O4S/c1-15(22)20-7-9-21(10-8-20)19(23)14-26(24)13-17-4-2-3-5-18(17)16-6-11-25-12-16/h2-6,11-12H,7-10,13-14H2,1H3. The van der Waals surface area contributed by atoms with Crippen LogP contribution in [0.15, 0.2) is 47.3 Å². The highest BCUT2D eigenvalue weighted by atomic mass is 32.2. The molecule has 0 spiro atoms. The number of benzene rings is 1. The zero-order valence-electron chi connectivity index (χ0n) is 14.7. The molecule has 1 fully saturated rings. The molecular weight excluding hydrogens is 352 g/mol. The van der Waals surface area contributed by atoms with Gasteiger partial charge in [0.15, 0.2) is 0 Å². The Kier molecular flexibility index (Phi) is 5.88. The van der Waals surface area contributed by atoms with Gasteiger partial charge in [0.2, 0.25) is 11.8 Å². The molecule has 26 heavy (non-hydrogen) atoms. The van der Waals surface area contributed by atoms with E-state index in [1.165, 1.54) is 6.92 Å². The molecule has 1 saturated heterocycles. The fourth-order valence-electron chi connectivity index (χ4n) is 3.07. The number of furan rings is 1. The molecule has 2 amide bonds. The third-order valence-electron chi connectivity index (χ3n) is 4.53. The Bertz CT molecular complexity index is 796. The van der Waals surface area contributed by atoms with Crippen molar-refractivity contribution in [1.29, 1.82) is 0 Å². The van der Waals surface area contributed by atoms with Gasteiger partial charge in [-0.05, 0) is 17.2 Å². The summed E-state index contributed by atoms with van der Waals surface area (Å²) in [4.78, 5) is 27.2. The smallest absolute Gasteiger partial charge is 0.235 e. The third-order valence-corrected chi connectivity index (χ3v) is 5.73. The van der Waals surface area contributed by atoms with E-state index in [1.807, 2.05) is 30.3 Å². The molecule has 0 aliphatic carbocycles. The minimum atomic E-state index is -1.29. The molecule has 1 aromatic carbocycles. The summed E-state index contributed by atoms with van der Waals surface area (Å²) in [6, 6.07) is 9.57. The summed E-state index contributed by atoms with van der Waals surface area (Å²) in [6.45, 7) is 3.61. The Morgan fingerprint density at radius 3 is 2.42 bits per heavy atom. The van der Waals surface area contributed by atoms with Crippen LogP contribution in [0.2, 0.25) is 0 Å². The third kappa shape index (κ3) is 4.40. The Balaban J connectivity index is 1.58. The first-order valence-electron chi connectivity index (χ1n) is 8.53. The Labute approximate surface area is 155 Å². The van der Waals surface area contributed by atoms with E-state index in [-0.39, 0.29) is 17.6 Å². The van der Waals surface area contributed by atoms with E-state index in [9.17, 15) is 13.8 Å². The van der Waals surface area contributed by atoms with E-state index in [0.717, 1.165) is 16.7 Å². The van der Waals surface area contributed by atoms with Crippen LogP contribution in [-0.4, -0.2) is 57.8 Å². The number of hydrogen-bond donors (Lipinski definition) is 0. The van der Waals surface area contributed by atoms with E-state index in [4.69, 9.17) is 4.42 Å². The molecule has 0 saturated carbocycles. The lowest BCUT2D eigenvalue weighted by Gasteiger charge is -2.34. The van der Waals surface area contributed by atoms with Gasteiger partial charge >= 0.3 is 0 Å². The quantitative estimate of drug-likeness (QED) is 0.801. The van der Waals surface area contributed by atoms with Crippen LogP contribution in [0.3, 0.4) is 0 Å². The van der Waals surface area contributed by atoms with Crippen LogP contribution in [0.4, 0.5) is 0 Å². The number of piperazine rings is 1. The van der Waals surface area contributed by atoms with Crippen LogP contribution < -0.4 is 0 Å². The predicted octanol–water partition coefficient (Wildman–Crippen LogP) is 1.89. The van der Waals surface area contributed by atoms with Crippen molar-refractivity contribution >= 4 is 22.6 Å². The van der Waals surface area contributed by atoms with Crippen molar-refractivity contribution in [3.63, 3.8) is 0 Å². The number of amides is 2. The molecule has 2 aromatic rings. The van der Waals surface area contributed by atoms with Crippen molar-refractivity contribution in [1.82, 2.24) is 9.80 Å². The van der Waals surface area contributed by atoms with Gasteiger partial charge in [-0.25, -0.2) is 0 Å². The monoisotopic (exact) mass is 374 g/mol. The van der Waals surface area contributed by atoms with Crippen LogP contribution >= 0.6 is 0 Å². The summed E-state index contributed by atoms with van der Waals surface area (Å²) in [5, 5.41) is 0. The summed E-state index contributed by atoms with van der Waals surface area (Å²) in [5.74, 6) is 0.226. The lowest BCUT2D eigenvalue weighted by atomic mass is 10.0. The number of hydrogen-bond acceptors (Lipinski definition) is 4. The van der Waals surface area contributed by atoms with Crippen LogP contribution in [0.25, 0.3) is 11.1 Å². The number of rotatable bonds is 5. The summed E-state index contributed by atoms with van der Waals surface area (Å²) in [6.07, 6.45) is 3.26. The highest BCUT2D eigenvalue weighted by Crippen LogP contribution is 2.25. The highest BCUT2D eigenvalue weighted by Gasteiger charge is 2.23. The zero-order chi connectivity index (χ0) is 18.5. The summed E-state index contributed by atoms with van der Waals surface area (Å²) in [7, 11) is -1.29. The van der Waals surface area contributed by atoms with Gasteiger partial charge in [-0.2, -0.15) is 0 Å². The Morgan fingerprint density at radius 2 is 1.77 bits per heavy atom. The van der Waals surface area contributed by atoms with Gasteiger partial charge in [0.1, 0.15) is 5.75 Å². The van der Waals surface area contributed by atoms with Crippen molar-refractivity contribution in [2.75, 3.05) is 31.9 Å². The predicted molar refractivity (Wildman–Crippen MR) is 99.7 cm³/mol. The molecule has 2 heterocycles. The summed E-state index contributed by atoms with van der Waals surface area (Å²) in [5.41, 5.74) is 2.84. The average molecular weight is 374 g/mol. The molecule has 0 N–H and O–H groups in total. The number of carbonyl (C=O) groups is 2. The van der Waals surface area contributed by atoms with Crippen molar-refractivity contribution in [2.24, 2.45) is 0 Å². The lowest BCUT2D eigenvalue weighted by molar-refractivity contribution is -0.136. The maximum Gasteiger partial charge on any atom is 0.235 e. The lowest BCUT2D eigenvalue weighted by Crippen LogP contribution is -2.51. The Hall–Kier alpha value is -2.41. The van der Waals surface area contributed by atoms with Crippen molar-refractivity contribution in [3.8, 4) is 11.1 Å².